The van der Waals surface area contributed by atoms with E-state index in [0.29, 0.717) is 6.54 Å². The molecule has 0 radical (unpaired) electrons. The van der Waals surface area contributed by atoms with Crippen molar-refractivity contribution in [2.24, 2.45) is 0 Å². The van der Waals surface area contributed by atoms with Crippen molar-refractivity contribution in [3.63, 3.8) is 0 Å². The minimum Gasteiger partial charge on any atom is -0.372 e. The molecule has 5 nitrogen and oxygen atoms in total. The molecule has 2 aromatic rings. The van der Waals surface area contributed by atoms with Crippen LogP contribution >= 0.6 is 0 Å². The summed E-state index contributed by atoms with van der Waals surface area (Å²) in [6.45, 7) is 12.3. The lowest BCUT2D eigenvalue weighted by molar-refractivity contribution is 0.194. The fraction of sp³-hybridized carbons (Fsp3) is 0.435. The van der Waals surface area contributed by atoms with Gasteiger partial charge in [-0.05, 0) is 50.6 Å². The molecule has 0 aliphatic carbocycles. The van der Waals surface area contributed by atoms with E-state index in [9.17, 15) is 4.79 Å². The third-order valence-corrected chi connectivity index (χ3v) is 5.44. The number of urea groups is 1. The van der Waals surface area contributed by atoms with Gasteiger partial charge in [0.1, 0.15) is 0 Å². The van der Waals surface area contributed by atoms with Crippen LogP contribution in [0.15, 0.2) is 48.5 Å². The van der Waals surface area contributed by atoms with Crippen molar-refractivity contribution >= 4 is 17.4 Å². The molecule has 5 heteroatoms. The Balaban J connectivity index is 1.49. The highest BCUT2D eigenvalue weighted by Gasteiger charge is 2.21. The van der Waals surface area contributed by atoms with Crippen molar-refractivity contribution < 1.29 is 4.79 Å². The van der Waals surface area contributed by atoms with Gasteiger partial charge in [0.25, 0.3) is 0 Å². The van der Waals surface area contributed by atoms with Crippen LogP contribution in [0, 0.1) is 6.92 Å². The van der Waals surface area contributed by atoms with Crippen molar-refractivity contribution in [3.05, 3.63) is 59.7 Å². The zero-order valence-electron chi connectivity index (χ0n) is 17.3. The van der Waals surface area contributed by atoms with E-state index in [-0.39, 0.29) is 6.03 Å². The quantitative estimate of drug-likeness (QED) is 0.827. The summed E-state index contributed by atoms with van der Waals surface area (Å²) in [5.41, 5.74) is 4.85. The Morgan fingerprint density at radius 2 is 1.68 bits per heavy atom. The number of aryl methyl sites for hydroxylation is 1. The smallest absolute Gasteiger partial charge is 0.317 e. The number of amides is 2. The molecule has 0 bridgehead atoms. The van der Waals surface area contributed by atoms with Gasteiger partial charge in [-0.2, -0.15) is 0 Å². The average Bonchev–Trinajstić information content (AvgIpc) is 2.74. The molecule has 1 N–H and O–H groups in total. The summed E-state index contributed by atoms with van der Waals surface area (Å²) < 4.78 is 0. The van der Waals surface area contributed by atoms with Gasteiger partial charge in [0.15, 0.2) is 0 Å². The molecule has 1 aliphatic rings. The minimum absolute atomic E-state index is 0.0260. The predicted octanol–water partition coefficient (Wildman–Crippen LogP) is 3.87. The zero-order chi connectivity index (χ0) is 19.9. The Kier molecular flexibility index (Phi) is 6.80. The topological polar surface area (TPSA) is 38.8 Å². The van der Waals surface area contributed by atoms with Gasteiger partial charge < -0.3 is 20.0 Å². The SMILES string of the molecule is CCN(CC)c1ccc(N2CCN(C(=O)NCc3cccc(C)c3)CC2)cc1. The molecule has 0 atom stereocenters. The number of rotatable bonds is 6. The maximum Gasteiger partial charge on any atom is 0.317 e. The first kappa shape index (κ1) is 20.1. The third-order valence-electron chi connectivity index (χ3n) is 5.44. The van der Waals surface area contributed by atoms with Crippen molar-refractivity contribution in [2.75, 3.05) is 49.1 Å². The van der Waals surface area contributed by atoms with Gasteiger partial charge in [0.2, 0.25) is 0 Å². The predicted molar refractivity (Wildman–Crippen MR) is 117 cm³/mol. The molecule has 1 saturated heterocycles. The van der Waals surface area contributed by atoms with Crippen LogP contribution in [0.3, 0.4) is 0 Å². The molecule has 1 fully saturated rings. The number of carbonyl (C=O) groups is 1. The summed E-state index contributed by atoms with van der Waals surface area (Å²) >= 11 is 0. The maximum absolute atomic E-state index is 12.5. The molecule has 0 unspecified atom stereocenters. The van der Waals surface area contributed by atoms with Crippen LogP contribution in [0.2, 0.25) is 0 Å². The summed E-state index contributed by atoms with van der Waals surface area (Å²) in [4.78, 5) is 19.1. The standard InChI is InChI=1S/C23H32N4O/c1-4-25(5-2)21-9-11-22(12-10-21)26-13-15-27(16-14-26)23(28)24-18-20-8-6-7-19(3)17-20/h6-12,17H,4-5,13-16,18H2,1-3H3,(H,24,28). The van der Waals surface area contributed by atoms with E-state index in [1.54, 1.807) is 0 Å². The highest BCUT2D eigenvalue weighted by molar-refractivity contribution is 5.74. The first-order valence-corrected chi connectivity index (χ1v) is 10.3. The van der Waals surface area contributed by atoms with Crippen LogP contribution in [-0.2, 0) is 6.54 Å². The number of nitrogens with zero attached hydrogens (tertiary/aromatic N) is 3. The van der Waals surface area contributed by atoms with Gasteiger partial charge in [-0.15, -0.1) is 0 Å². The minimum atomic E-state index is 0.0260. The maximum atomic E-state index is 12.5. The van der Waals surface area contributed by atoms with Gasteiger partial charge in [0, 0.05) is 57.2 Å². The highest BCUT2D eigenvalue weighted by Crippen LogP contribution is 2.22. The normalized spacial score (nSPS) is 14.1. The summed E-state index contributed by atoms with van der Waals surface area (Å²) in [5, 5.41) is 3.05. The molecule has 0 spiro atoms. The lowest BCUT2D eigenvalue weighted by Gasteiger charge is -2.36. The van der Waals surface area contributed by atoms with E-state index in [1.807, 2.05) is 17.0 Å². The molecular weight excluding hydrogens is 348 g/mol. The largest absolute Gasteiger partial charge is 0.372 e. The molecule has 2 aromatic carbocycles. The second-order valence-corrected chi connectivity index (χ2v) is 7.31. The molecule has 2 amide bonds. The van der Waals surface area contributed by atoms with Crippen LogP contribution in [0.4, 0.5) is 16.2 Å². The third kappa shape index (κ3) is 4.97. The second kappa shape index (κ2) is 9.49. The van der Waals surface area contributed by atoms with Gasteiger partial charge in [-0.25, -0.2) is 4.79 Å². The molecule has 1 aliphatic heterocycles. The van der Waals surface area contributed by atoms with E-state index in [2.05, 4.69) is 72.3 Å². The summed E-state index contributed by atoms with van der Waals surface area (Å²) in [6, 6.07) is 17.1. The number of hydrogen-bond acceptors (Lipinski definition) is 3. The fourth-order valence-corrected chi connectivity index (χ4v) is 3.74. The number of carbonyl (C=O) groups excluding carboxylic acids is 1. The van der Waals surface area contributed by atoms with E-state index >= 15 is 0 Å². The first-order valence-electron chi connectivity index (χ1n) is 10.3. The second-order valence-electron chi connectivity index (χ2n) is 7.31. The number of anilines is 2. The van der Waals surface area contributed by atoms with Crippen LogP contribution < -0.4 is 15.1 Å². The first-order chi connectivity index (χ1) is 13.6. The van der Waals surface area contributed by atoms with Gasteiger partial charge in [0.05, 0.1) is 0 Å². The van der Waals surface area contributed by atoms with E-state index < -0.39 is 0 Å². The van der Waals surface area contributed by atoms with Crippen LogP contribution in [0.5, 0.6) is 0 Å². The van der Waals surface area contributed by atoms with Gasteiger partial charge >= 0.3 is 6.03 Å². The van der Waals surface area contributed by atoms with Gasteiger partial charge in [-0.1, -0.05) is 29.8 Å². The molecule has 28 heavy (non-hydrogen) atoms. The Bertz CT molecular complexity index is 762. The van der Waals surface area contributed by atoms with Crippen molar-refractivity contribution in [3.8, 4) is 0 Å². The molecule has 3 rings (SSSR count). The van der Waals surface area contributed by atoms with E-state index in [0.717, 1.165) is 44.8 Å². The van der Waals surface area contributed by atoms with E-state index in [4.69, 9.17) is 0 Å². The summed E-state index contributed by atoms with van der Waals surface area (Å²) in [7, 11) is 0. The number of piperazine rings is 1. The Morgan fingerprint density at radius 3 is 2.29 bits per heavy atom. The molecule has 0 saturated carbocycles. The number of nitrogens with one attached hydrogen (secondary N) is 1. The van der Waals surface area contributed by atoms with Gasteiger partial charge in [-0.3, -0.25) is 0 Å². The van der Waals surface area contributed by atoms with Crippen molar-refractivity contribution in [2.45, 2.75) is 27.3 Å². The highest BCUT2D eigenvalue weighted by atomic mass is 16.2. The molecule has 0 aromatic heterocycles. The average molecular weight is 381 g/mol. The molecule has 1 heterocycles. The Morgan fingerprint density at radius 1 is 1.00 bits per heavy atom. The Hall–Kier alpha value is -2.69. The number of hydrogen-bond donors (Lipinski definition) is 1. The lowest BCUT2D eigenvalue weighted by atomic mass is 10.1. The fourth-order valence-electron chi connectivity index (χ4n) is 3.74. The van der Waals surface area contributed by atoms with Crippen LogP contribution in [0.1, 0.15) is 25.0 Å². The Labute approximate surface area is 168 Å². The van der Waals surface area contributed by atoms with E-state index in [1.165, 1.54) is 16.9 Å². The summed E-state index contributed by atoms with van der Waals surface area (Å²) in [6.07, 6.45) is 0. The lowest BCUT2D eigenvalue weighted by Crippen LogP contribution is -2.51. The van der Waals surface area contributed by atoms with Crippen molar-refractivity contribution in [1.82, 2.24) is 10.2 Å². The number of benzene rings is 2. The molecular formula is C23H32N4O. The van der Waals surface area contributed by atoms with Crippen LogP contribution in [-0.4, -0.2) is 50.2 Å². The summed E-state index contributed by atoms with van der Waals surface area (Å²) in [5.74, 6) is 0. The monoisotopic (exact) mass is 380 g/mol. The van der Waals surface area contributed by atoms with Crippen molar-refractivity contribution in [1.29, 1.82) is 0 Å². The zero-order valence-corrected chi connectivity index (χ0v) is 17.3. The molecule has 150 valence electrons. The van der Waals surface area contributed by atoms with Crippen LogP contribution in [0.25, 0.3) is 0 Å².